The fraction of sp³-hybridized carbons (Fsp3) is 0.500. The number of likely N-dealkylation sites (tertiary alicyclic amines) is 1. The number of ether oxygens (including phenoxy) is 1. The second-order valence-electron chi connectivity index (χ2n) is 4.05. The Hall–Kier alpha value is -1.09. The lowest BCUT2D eigenvalue weighted by atomic mass is 10.2. The molecule has 0 N–H and O–H groups in total. The van der Waals surface area contributed by atoms with Gasteiger partial charge in [-0.3, -0.25) is 0 Å². The topological polar surface area (TPSA) is 12.5 Å². The average molecular weight is 209 g/mol. The highest BCUT2D eigenvalue weighted by Crippen LogP contribution is 2.17. The molecule has 1 aromatic rings. The molecule has 3 heteroatoms. The molecule has 1 atom stereocenters. The van der Waals surface area contributed by atoms with E-state index in [4.69, 9.17) is 4.74 Å². The highest BCUT2D eigenvalue weighted by molar-refractivity contribution is 5.22. The number of likely N-dealkylation sites (N-methyl/N-ethyl adjacent to an activating group) is 1. The van der Waals surface area contributed by atoms with E-state index in [0.29, 0.717) is 18.4 Å². The highest BCUT2D eigenvalue weighted by atomic mass is 19.1. The Morgan fingerprint density at radius 2 is 2.40 bits per heavy atom. The Labute approximate surface area is 89.7 Å². The maximum absolute atomic E-state index is 12.9. The summed E-state index contributed by atoms with van der Waals surface area (Å²) in [4.78, 5) is 2.29. The van der Waals surface area contributed by atoms with Crippen molar-refractivity contribution >= 4 is 0 Å². The summed E-state index contributed by atoms with van der Waals surface area (Å²) in [6.07, 6.45) is 2.40. The smallest absolute Gasteiger partial charge is 0.126 e. The first-order chi connectivity index (χ1) is 7.25. The first kappa shape index (κ1) is 10.4. The first-order valence-electron chi connectivity index (χ1n) is 5.34. The molecule has 82 valence electrons. The molecule has 0 bridgehead atoms. The van der Waals surface area contributed by atoms with Crippen molar-refractivity contribution in [1.82, 2.24) is 4.90 Å². The van der Waals surface area contributed by atoms with Crippen LogP contribution in [0.2, 0.25) is 0 Å². The Morgan fingerprint density at radius 3 is 3.07 bits per heavy atom. The van der Waals surface area contributed by atoms with Crippen molar-refractivity contribution in [3.63, 3.8) is 0 Å². The molecule has 1 fully saturated rings. The molecule has 0 aromatic heterocycles. The minimum Gasteiger partial charge on any atom is -0.492 e. The molecule has 2 rings (SSSR count). The van der Waals surface area contributed by atoms with Crippen molar-refractivity contribution in [3.8, 4) is 5.75 Å². The van der Waals surface area contributed by atoms with Crippen LogP contribution >= 0.6 is 0 Å². The molecular weight excluding hydrogens is 193 g/mol. The van der Waals surface area contributed by atoms with Gasteiger partial charge in [0.2, 0.25) is 0 Å². The standard InChI is InChI=1S/C12H16FNO/c1-14-7-3-5-11(14)9-15-12-6-2-4-10(13)8-12/h2,4,6,8,11H,3,5,7,9H2,1H3/t11-/m1/s1. The van der Waals surface area contributed by atoms with Crippen molar-refractivity contribution < 1.29 is 9.13 Å². The predicted molar refractivity (Wildman–Crippen MR) is 57.5 cm³/mol. The van der Waals surface area contributed by atoms with E-state index >= 15 is 0 Å². The summed E-state index contributed by atoms with van der Waals surface area (Å²) in [5.74, 6) is 0.377. The van der Waals surface area contributed by atoms with Gasteiger partial charge in [0.15, 0.2) is 0 Å². The second kappa shape index (κ2) is 4.62. The molecule has 1 heterocycles. The maximum atomic E-state index is 12.9. The predicted octanol–water partition coefficient (Wildman–Crippen LogP) is 2.30. The number of halogens is 1. The van der Waals surface area contributed by atoms with Crippen LogP contribution < -0.4 is 4.74 Å². The highest BCUT2D eigenvalue weighted by Gasteiger charge is 2.21. The number of nitrogens with zero attached hydrogens (tertiary/aromatic N) is 1. The van der Waals surface area contributed by atoms with Crippen LogP contribution in [0.4, 0.5) is 4.39 Å². The monoisotopic (exact) mass is 209 g/mol. The summed E-state index contributed by atoms with van der Waals surface area (Å²) in [6.45, 7) is 1.79. The number of hydrogen-bond donors (Lipinski definition) is 0. The molecule has 0 amide bonds. The largest absolute Gasteiger partial charge is 0.492 e. The molecule has 1 aliphatic heterocycles. The minimum atomic E-state index is -0.243. The van der Waals surface area contributed by atoms with Gasteiger partial charge in [0, 0.05) is 12.1 Å². The molecule has 0 saturated carbocycles. The quantitative estimate of drug-likeness (QED) is 0.757. The van der Waals surface area contributed by atoms with Gasteiger partial charge in [0.1, 0.15) is 18.2 Å². The van der Waals surface area contributed by atoms with Crippen molar-refractivity contribution in [1.29, 1.82) is 0 Å². The van der Waals surface area contributed by atoms with Crippen LogP contribution in [0.5, 0.6) is 5.75 Å². The summed E-state index contributed by atoms with van der Waals surface area (Å²) in [6, 6.07) is 6.79. The zero-order chi connectivity index (χ0) is 10.7. The van der Waals surface area contributed by atoms with Crippen molar-refractivity contribution in [2.45, 2.75) is 18.9 Å². The van der Waals surface area contributed by atoms with Crippen LogP contribution in [-0.4, -0.2) is 31.1 Å². The summed E-state index contributed by atoms with van der Waals surface area (Å²) in [5.41, 5.74) is 0. The molecule has 1 aliphatic rings. The summed E-state index contributed by atoms with van der Waals surface area (Å²) in [7, 11) is 2.10. The zero-order valence-corrected chi connectivity index (χ0v) is 8.95. The Bertz CT molecular complexity index is 329. The molecule has 0 spiro atoms. The second-order valence-corrected chi connectivity index (χ2v) is 4.05. The third-order valence-electron chi connectivity index (χ3n) is 2.91. The third-order valence-corrected chi connectivity index (χ3v) is 2.91. The summed E-state index contributed by atoms with van der Waals surface area (Å²) in [5, 5.41) is 0. The van der Waals surface area contributed by atoms with Crippen molar-refractivity contribution in [2.75, 3.05) is 20.2 Å². The Balaban J connectivity index is 1.87. The van der Waals surface area contributed by atoms with Crippen LogP contribution in [0.3, 0.4) is 0 Å². The van der Waals surface area contributed by atoms with Gasteiger partial charge in [-0.1, -0.05) is 6.07 Å². The molecule has 1 aromatic carbocycles. The maximum Gasteiger partial charge on any atom is 0.126 e. The van der Waals surface area contributed by atoms with E-state index in [1.807, 2.05) is 0 Å². The lowest BCUT2D eigenvalue weighted by Gasteiger charge is -2.19. The number of benzene rings is 1. The van der Waals surface area contributed by atoms with E-state index in [1.54, 1.807) is 12.1 Å². The van der Waals surface area contributed by atoms with E-state index in [-0.39, 0.29) is 5.82 Å². The molecule has 15 heavy (non-hydrogen) atoms. The van der Waals surface area contributed by atoms with Gasteiger partial charge in [-0.2, -0.15) is 0 Å². The van der Waals surface area contributed by atoms with Gasteiger partial charge >= 0.3 is 0 Å². The third kappa shape index (κ3) is 2.69. The van der Waals surface area contributed by atoms with Gasteiger partial charge in [-0.25, -0.2) is 4.39 Å². The van der Waals surface area contributed by atoms with Crippen molar-refractivity contribution in [2.24, 2.45) is 0 Å². The lowest BCUT2D eigenvalue weighted by Crippen LogP contribution is -2.30. The van der Waals surface area contributed by atoms with E-state index < -0.39 is 0 Å². The van der Waals surface area contributed by atoms with Crippen molar-refractivity contribution in [3.05, 3.63) is 30.1 Å². The van der Waals surface area contributed by atoms with E-state index in [9.17, 15) is 4.39 Å². The van der Waals surface area contributed by atoms with Crippen LogP contribution in [0, 0.1) is 5.82 Å². The van der Waals surface area contributed by atoms with Gasteiger partial charge in [0.05, 0.1) is 0 Å². The summed E-state index contributed by atoms with van der Waals surface area (Å²) >= 11 is 0. The molecule has 0 radical (unpaired) electrons. The molecule has 0 unspecified atom stereocenters. The Morgan fingerprint density at radius 1 is 1.53 bits per heavy atom. The number of rotatable bonds is 3. The van der Waals surface area contributed by atoms with Gasteiger partial charge in [-0.15, -0.1) is 0 Å². The first-order valence-corrected chi connectivity index (χ1v) is 5.34. The van der Waals surface area contributed by atoms with Gasteiger partial charge in [-0.05, 0) is 38.6 Å². The lowest BCUT2D eigenvalue weighted by molar-refractivity contribution is 0.198. The van der Waals surface area contributed by atoms with Crippen LogP contribution in [0.25, 0.3) is 0 Å². The fourth-order valence-corrected chi connectivity index (χ4v) is 1.94. The van der Waals surface area contributed by atoms with E-state index in [1.165, 1.54) is 25.0 Å². The van der Waals surface area contributed by atoms with Crippen LogP contribution in [0.15, 0.2) is 24.3 Å². The molecule has 1 saturated heterocycles. The minimum absolute atomic E-state index is 0.243. The molecule has 0 aliphatic carbocycles. The zero-order valence-electron chi connectivity index (χ0n) is 8.95. The average Bonchev–Trinajstić information content (AvgIpc) is 2.61. The fourth-order valence-electron chi connectivity index (χ4n) is 1.94. The van der Waals surface area contributed by atoms with E-state index in [0.717, 1.165) is 6.54 Å². The van der Waals surface area contributed by atoms with Gasteiger partial charge in [0.25, 0.3) is 0 Å². The van der Waals surface area contributed by atoms with Crippen LogP contribution in [0.1, 0.15) is 12.8 Å². The normalized spacial score (nSPS) is 21.9. The van der Waals surface area contributed by atoms with Crippen LogP contribution in [-0.2, 0) is 0 Å². The number of hydrogen-bond acceptors (Lipinski definition) is 2. The SMILES string of the molecule is CN1CCC[C@@H]1COc1cccc(F)c1. The molecule has 2 nitrogen and oxygen atoms in total. The van der Waals surface area contributed by atoms with Gasteiger partial charge < -0.3 is 9.64 Å². The molecular formula is C12H16FNO. The summed E-state index contributed by atoms with van der Waals surface area (Å²) < 4.78 is 18.4. The van der Waals surface area contributed by atoms with E-state index in [2.05, 4.69) is 11.9 Å². The Kier molecular flexibility index (Phi) is 3.21.